The first-order valence-electron chi connectivity index (χ1n) is 7.49. The van der Waals surface area contributed by atoms with Crippen LogP contribution >= 0.6 is 0 Å². The summed E-state index contributed by atoms with van der Waals surface area (Å²) in [6, 6.07) is 1.76. The second-order valence-electron chi connectivity index (χ2n) is 6.20. The highest BCUT2D eigenvalue weighted by molar-refractivity contribution is 5.34. The molecule has 0 aromatic heterocycles. The van der Waals surface area contributed by atoms with E-state index >= 15 is 0 Å². The molecule has 1 saturated carbocycles. The Morgan fingerprint density at radius 3 is 1.87 bits per heavy atom. The van der Waals surface area contributed by atoms with Crippen LogP contribution in [0.3, 0.4) is 0 Å². The molecule has 2 unspecified atom stereocenters. The fraction of sp³-hybridized carbons (Fsp3) is 0.625. The Bertz CT molecular complexity index is 502. The molecule has 0 saturated heterocycles. The van der Waals surface area contributed by atoms with Gasteiger partial charge in [0.05, 0.1) is 11.1 Å². The minimum Gasteiger partial charge on any atom is -0.396 e. The molecule has 0 heterocycles. The van der Waals surface area contributed by atoms with E-state index in [1.165, 1.54) is 0 Å². The van der Waals surface area contributed by atoms with Crippen LogP contribution in [0, 0.1) is 11.8 Å². The summed E-state index contributed by atoms with van der Waals surface area (Å²) in [5.41, 5.74) is -2.48. The average molecular weight is 340 g/mol. The summed E-state index contributed by atoms with van der Waals surface area (Å²) in [5.74, 6) is 0.0899. The molecule has 1 aromatic rings. The first kappa shape index (κ1) is 18.1. The van der Waals surface area contributed by atoms with Crippen LogP contribution in [-0.2, 0) is 18.8 Å². The number of benzene rings is 1. The molecule has 1 fully saturated rings. The highest BCUT2D eigenvalue weighted by Crippen LogP contribution is 2.38. The number of alkyl halides is 6. The zero-order valence-electron chi connectivity index (χ0n) is 12.3. The van der Waals surface area contributed by atoms with E-state index in [0.29, 0.717) is 6.42 Å². The van der Waals surface area contributed by atoms with Crippen LogP contribution in [0.5, 0.6) is 0 Å². The third kappa shape index (κ3) is 4.86. The van der Waals surface area contributed by atoms with Crippen LogP contribution in [0.2, 0.25) is 0 Å². The van der Waals surface area contributed by atoms with Crippen molar-refractivity contribution in [3.05, 3.63) is 34.9 Å². The van der Waals surface area contributed by atoms with E-state index in [2.05, 4.69) is 0 Å². The van der Waals surface area contributed by atoms with Gasteiger partial charge in [-0.05, 0) is 54.9 Å². The highest BCUT2D eigenvalue weighted by Gasteiger charge is 2.37. The SMILES string of the molecule is OCC1CCCC(Cc2cc(C(F)(F)F)cc(C(F)(F)F)c2)C1. The molecule has 0 amide bonds. The zero-order chi connectivity index (χ0) is 17.3. The molecule has 130 valence electrons. The highest BCUT2D eigenvalue weighted by atomic mass is 19.4. The number of aliphatic hydroxyl groups excluding tert-OH is 1. The van der Waals surface area contributed by atoms with Gasteiger partial charge in [0.1, 0.15) is 0 Å². The number of halogens is 6. The van der Waals surface area contributed by atoms with E-state index in [1.807, 2.05) is 0 Å². The van der Waals surface area contributed by atoms with Gasteiger partial charge in [0.25, 0.3) is 0 Å². The molecule has 1 nitrogen and oxygen atoms in total. The number of hydrogen-bond donors (Lipinski definition) is 1. The third-order valence-corrected chi connectivity index (χ3v) is 4.32. The van der Waals surface area contributed by atoms with Crippen molar-refractivity contribution in [2.45, 2.75) is 44.5 Å². The van der Waals surface area contributed by atoms with Gasteiger partial charge in [0.15, 0.2) is 0 Å². The Labute approximate surface area is 130 Å². The minimum atomic E-state index is -4.81. The van der Waals surface area contributed by atoms with Crippen molar-refractivity contribution >= 4 is 0 Å². The summed E-state index contributed by atoms with van der Waals surface area (Å²) in [5, 5.41) is 9.18. The van der Waals surface area contributed by atoms with Crippen molar-refractivity contribution in [3.8, 4) is 0 Å². The first-order valence-corrected chi connectivity index (χ1v) is 7.49. The largest absolute Gasteiger partial charge is 0.416 e. The van der Waals surface area contributed by atoms with Gasteiger partial charge in [0, 0.05) is 6.61 Å². The topological polar surface area (TPSA) is 20.2 Å². The number of hydrogen-bond acceptors (Lipinski definition) is 1. The molecular formula is C16H18F6O. The van der Waals surface area contributed by atoms with Crippen molar-refractivity contribution in [1.82, 2.24) is 0 Å². The molecule has 1 aliphatic rings. The predicted octanol–water partition coefficient (Wildman–Crippen LogP) is 5.07. The molecule has 0 bridgehead atoms. The van der Waals surface area contributed by atoms with Gasteiger partial charge in [-0.2, -0.15) is 26.3 Å². The van der Waals surface area contributed by atoms with Gasteiger partial charge < -0.3 is 5.11 Å². The van der Waals surface area contributed by atoms with E-state index in [4.69, 9.17) is 0 Å². The molecule has 23 heavy (non-hydrogen) atoms. The Hall–Kier alpha value is -1.24. The summed E-state index contributed by atoms with van der Waals surface area (Å²) < 4.78 is 77.0. The van der Waals surface area contributed by atoms with Crippen molar-refractivity contribution in [2.24, 2.45) is 11.8 Å². The molecule has 1 N–H and O–H groups in total. The lowest BCUT2D eigenvalue weighted by molar-refractivity contribution is -0.143. The Balaban J connectivity index is 2.27. The summed E-state index contributed by atoms with van der Waals surface area (Å²) >= 11 is 0. The number of rotatable bonds is 3. The fourth-order valence-corrected chi connectivity index (χ4v) is 3.22. The van der Waals surface area contributed by atoms with E-state index in [-0.39, 0.29) is 36.5 Å². The Morgan fingerprint density at radius 2 is 1.39 bits per heavy atom. The molecule has 0 radical (unpaired) electrons. The van der Waals surface area contributed by atoms with Crippen LogP contribution in [-0.4, -0.2) is 11.7 Å². The predicted molar refractivity (Wildman–Crippen MR) is 72.7 cm³/mol. The second kappa shape index (κ2) is 6.71. The van der Waals surface area contributed by atoms with Crippen LogP contribution < -0.4 is 0 Å². The normalized spacial score (nSPS) is 23.1. The van der Waals surface area contributed by atoms with Crippen LogP contribution in [0.15, 0.2) is 18.2 Å². The van der Waals surface area contributed by atoms with Crippen molar-refractivity contribution in [1.29, 1.82) is 0 Å². The smallest absolute Gasteiger partial charge is 0.396 e. The van der Waals surface area contributed by atoms with E-state index in [1.54, 1.807) is 0 Å². The summed E-state index contributed by atoms with van der Waals surface area (Å²) in [6.45, 7) is 0.00684. The summed E-state index contributed by atoms with van der Waals surface area (Å²) in [4.78, 5) is 0. The van der Waals surface area contributed by atoms with Crippen LogP contribution in [0.4, 0.5) is 26.3 Å². The van der Waals surface area contributed by atoms with E-state index < -0.39 is 23.5 Å². The molecular weight excluding hydrogens is 322 g/mol. The molecule has 7 heteroatoms. The Morgan fingerprint density at radius 1 is 0.870 bits per heavy atom. The molecule has 1 aromatic carbocycles. The van der Waals surface area contributed by atoms with Crippen LogP contribution in [0.1, 0.15) is 42.4 Å². The van der Waals surface area contributed by atoms with Gasteiger partial charge in [0.2, 0.25) is 0 Å². The quantitative estimate of drug-likeness (QED) is 0.762. The molecule has 0 spiro atoms. The first-order chi connectivity index (χ1) is 10.6. The molecule has 1 aliphatic carbocycles. The maximum Gasteiger partial charge on any atom is 0.416 e. The maximum absolute atomic E-state index is 12.8. The van der Waals surface area contributed by atoms with Crippen molar-refractivity contribution in [2.75, 3.05) is 6.61 Å². The zero-order valence-corrected chi connectivity index (χ0v) is 12.3. The second-order valence-corrected chi connectivity index (χ2v) is 6.20. The minimum absolute atomic E-state index is 0.00506. The lowest BCUT2D eigenvalue weighted by Gasteiger charge is -2.28. The van der Waals surface area contributed by atoms with Crippen molar-refractivity contribution in [3.63, 3.8) is 0 Å². The Kier molecular flexibility index (Phi) is 5.28. The van der Waals surface area contributed by atoms with Gasteiger partial charge >= 0.3 is 12.4 Å². The van der Waals surface area contributed by atoms with Gasteiger partial charge in [-0.25, -0.2) is 0 Å². The van der Waals surface area contributed by atoms with Crippen LogP contribution in [0.25, 0.3) is 0 Å². The fourth-order valence-electron chi connectivity index (χ4n) is 3.22. The molecule has 2 rings (SSSR count). The molecule has 2 atom stereocenters. The standard InChI is InChI=1S/C16H18F6O/c17-15(18,19)13-6-12(7-14(8-13)16(20,21)22)5-10-2-1-3-11(4-10)9-23/h6-8,10-11,23H,1-5,9H2. The monoisotopic (exact) mass is 340 g/mol. The average Bonchev–Trinajstić information content (AvgIpc) is 2.45. The number of aliphatic hydroxyl groups is 1. The lowest BCUT2D eigenvalue weighted by atomic mass is 9.78. The van der Waals surface area contributed by atoms with E-state index in [0.717, 1.165) is 31.4 Å². The molecule has 0 aliphatic heterocycles. The summed E-state index contributed by atoms with van der Waals surface area (Å²) in [6.07, 6.45) is -6.37. The third-order valence-electron chi connectivity index (χ3n) is 4.32. The van der Waals surface area contributed by atoms with Crippen molar-refractivity contribution < 1.29 is 31.4 Å². The van der Waals surface area contributed by atoms with Gasteiger partial charge in [-0.3, -0.25) is 0 Å². The maximum atomic E-state index is 12.8. The lowest BCUT2D eigenvalue weighted by Crippen LogP contribution is -2.20. The van der Waals surface area contributed by atoms with Gasteiger partial charge in [-0.1, -0.05) is 12.8 Å². The van der Waals surface area contributed by atoms with Gasteiger partial charge in [-0.15, -0.1) is 0 Å². The summed E-state index contributed by atoms with van der Waals surface area (Å²) in [7, 11) is 0. The van der Waals surface area contributed by atoms with E-state index in [9.17, 15) is 31.4 Å².